The van der Waals surface area contributed by atoms with Crippen LogP contribution in [0.1, 0.15) is 23.5 Å². The Morgan fingerprint density at radius 1 is 1.11 bits per heavy atom. The van der Waals surface area contributed by atoms with Gasteiger partial charge in [-0.15, -0.1) is 0 Å². The number of hydrogen-bond donors (Lipinski definition) is 0. The second-order valence-electron chi connectivity index (χ2n) is 4.70. The van der Waals surface area contributed by atoms with Crippen molar-refractivity contribution in [3.05, 3.63) is 33.7 Å². The van der Waals surface area contributed by atoms with Gasteiger partial charge in [0.2, 0.25) is 0 Å². The molecule has 0 saturated heterocycles. The Balaban J connectivity index is 2.43. The number of benzene rings is 1. The Hall–Kier alpha value is -1.55. The minimum atomic E-state index is 0.482. The van der Waals surface area contributed by atoms with E-state index in [0.717, 1.165) is 49.8 Å². The molecule has 98 valence electrons. The molecule has 1 aromatic carbocycles. The number of hydrogen-bond acceptors (Lipinski definition) is 3. The van der Waals surface area contributed by atoms with Gasteiger partial charge in [-0.3, -0.25) is 0 Å². The predicted molar refractivity (Wildman–Crippen MR) is 77.5 cm³/mol. The van der Waals surface area contributed by atoms with Crippen molar-refractivity contribution < 1.29 is 13.6 Å². The van der Waals surface area contributed by atoms with E-state index in [-0.39, 0.29) is 0 Å². The third-order valence-corrected chi connectivity index (χ3v) is 4.05. The molecular weight excluding hydrogens is 308 g/mol. The summed E-state index contributed by atoms with van der Waals surface area (Å²) < 4.78 is 12.5. The first-order valence-electron chi connectivity index (χ1n) is 6.16. The third-order valence-electron chi connectivity index (χ3n) is 3.26. The number of carbonyl (C=O) groups excluding carboxylic acids is 1. The number of fused-ring (bicyclic) bond motifs is 2. The van der Waals surface area contributed by atoms with E-state index in [9.17, 15) is 4.79 Å². The second kappa shape index (κ2) is 4.53. The van der Waals surface area contributed by atoms with Crippen LogP contribution in [0.3, 0.4) is 0 Å². The monoisotopic (exact) mass is 320 g/mol. The molecule has 0 saturated carbocycles. The largest absolute Gasteiger partial charge is 0.461 e. The number of carbonyl (C=O) groups is 1. The molecule has 0 fully saturated rings. The molecule has 0 amide bonds. The van der Waals surface area contributed by atoms with Gasteiger partial charge in [-0.1, -0.05) is 0 Å². The minimum Gasteiger partial charge on any atom is -0.461 e. The van der Waals surface area contributed by atoms with Crippen molar-refractivity contribution >= 4 is 44.2 Å². The molecule has 0 aliphatic rings. The van der Waals surface area contributed by atoms with Crippen molar-refractivity contribution in [3.8, 4) is 0 Å². The van der Waals surface area contributed by atoms with E-state index in [4.69, 9.17) is 8.83 Å². The summed E-state index contributed by atoms with van der Waals surface area (Å²) in [4.78, 5) is 10.7. The van der Waals surface area contributed by atoms with Gasteiger partial charge in [0.15, 0.2) is 0 Å². The molecule has 0 spiro atoms. The van der Waals surface area contributed by atoms with Crippen LogP contribution in [0, 0.1) is 13.8 Å². The SMILES string of the molecule is Cc1cc2c(CCC=O)c3oc(C)cc3c(Br)c2o1. The van der Waals surface area contributed by atoms with Gasteiger partial charge in [-0.2, -0.15) is 0 Å². The molecular formula is C15H13BrO3. The fourth-order valence-electron chi connectivity index (χ4n) is 2.50. The number of aldehydes is 1. The van der Waals surface area contributed by atoms with Gasteiger partial charge in [0, 0.05) is 22.8 Å². The maximum absolute atomic E-state index is 10.7. The topological polar surface area (TPSA) is 43.4 Å². The molecule has 0 bridgehead atoms. The summed E-state index contributed by atoms with van der Waals surface area (Å²) in [5.74, 6) is 1.71. The predicted octanol–water partition coefficient (Wildman–Crippen LogP) is 4.69. The Kier molecular flexibility index (Phi) is 2.97. The summed E-state index contributed by atoms with van der Waals surface area (Å²) >= 11 is 3.59. The second-order valence-corrected chi connectivity index (χ2v) is 5.49. The Labute approximate surface area is 118 Å². The molecule has 0 unspecified atom stereocenters. The van der Waals surface area contributed by atoms with E-state index in [1.165, 1.54) is 0 Å². The first kappa shape index (κ1) is 12.5. The zero-order chi connectivity index (χ0) is 13.6. The molecule has 0 atom stereocenters. The van der Waals surface area contributed by atoms with Crippen LogP contribution in [-0.2, 0) is 11.2 Å². The molecule has 0 radical (unpaired) electrons. The highest BCUT2D eigenvalue weighted by molar-refractivity contribution is 9.10. The molecule has 2 heterocycles. The lowest BCUT2D eigenvalue weighted by molar-refractivity contribution is -0.107. The van der Waals surface area contributed by atoms with Crippen LogP contribution in [0.4, 0.5) is 0 Å². The summed E-state index contributed by atoms with van der Waals surface area (Å²) in [5, 5.41) is 2.02. The third kappa shape index (κ3) is 1.91. The summed E-state index contributed by atoms with van der Waals surface area (Å²) in [5.41, 5.74) is 2.72. The number of halogens is 1. The molecule has 0 aliphatic heterocycles. The van der Waals surface area contributed by atoms with E-state index in [1.54, 1.807) is 0 Å². The number of rotatable bonds is 3. The smallest absolute Gasteiger partial charge is 0.149 e. The van der Waals surface area contributed by atoms with E-state index in [0.29, 0.717) is 12.8 Å². The van der Waals surface area contributed by atoms with Crippen molar-refractivity contribution in [1.82, 2.24) is 0 Å². The van der Waals surface area contributed by atoms with Gasteiger partial charge in [0.25, 0.3) is 0 Å². The first-order chi connectivity index (χ1) is 9.11. The Bertz CT molecular complexity index is 722. The molecule has 0 aliphatic carbocycles. The van der Waals surface area contributed by atoms with Crippen LogP contribution < -0.4 is 0 Å². The minimum absolute atomic E-state index is 0.482. The lowest BCUT2D eigenvalue weighted by Gasteiger charge is -2.04. The van der Waals surface area contributed by atoms with Crippen LogP contribution in [0.2, 0.25) is 0 Å². The summed E-state index contributed by atoms with van der Waals surface area (Å²) in [6, 6.07) is 3.98. The van der Waals surface area contributed by atoms with Gasteiger partial charge in [0.1, 0.15) is 29.0 Å². The van der Waals surface area contributed by atoms with Gasteiger partial charge >= 0.3 is 0 Å². The van der Waals surface area contributed by atoms with Gasteiger partial charge in [0.05, 0.1) is 4.47 Å². The number of aryl methyl sites for hydroxylation is 3. The molecule has 3 aromatic rings. The van der Waals surface area contributed by atoms with Gasteiger partial charge < -0.3 is 13.6 Å². The number of furan rings is 2. The summed E-state index contributed by atoms with van der Waals surface area (Å²) in [7, 11) is 0. The van der Waals surface area contributed by atoms with Crippen LogP contribution in [-0.4, -0.2) is 6.29 Å². The average molecular weight is 321 g/mol. The van der Waals surface area contributed by atoms with E-state index < -0.39 is 0 Å². The highest BCUT2D eigenvalue weighted by Crippen LogP contribution is 2.39. The maximum Gasteiger partial charge on any atom is 0.149 e. The lowest BCUT2D eigenvalue weighted by Crippen LogP contribution is -1.89. The molecule has 3 nitrogen and oxygen atoms in total. The Morgan fingerprint density at radius 2 is 1.74 bits per heavy atom. The molecule has 19 heavy (non-hydrogen) atoms. The van der Waals surface area contributed by atoms with Gasteiger partial charge in [-0.05, 0) is 48.3 Å². The fraction of sp³-hybridized carbons (Fsp3) is 0.267. The van der Waals surface area contributed by atoms with Crippen molar-refractivity contribution in [2.45, 2.75) is 26.7 Å². The van der Waals surface area contributed by atoms with Crippen molar-refractivity contribution in [2.75, 3.05) is 0 Å². The lowest BCUT2D eigenvalue weighted by atomic mass is 10.0. The standard InChI is InChI=1S/C15H13BrO3/c1-8-6-11-10(4-3-5-17)14-12(7-9(2)18-14)13(16)15(11)19-8/h5-7H,3-4H2,1-2H3. The highest BCUT2D eigenvalue weighted by atomic mass is 79.9. The Morgan fingerprint density at radius 3 is 2.42 bits per heavy atom. The van der Waals surface area contributed by atoms with E-state index in [1.807, 2.05) is 26.0 Å². The van der Waals surface area contributed by atoms with Crippen molar-refractivity contribution in [3.63, 3.8) is 0 Å². The highest BCUT2D eigenvalue weighted by Gasteiger charge is 2.18. The van der Waals surface area contributed by atoms with E-state index >= 15 is 0 Å². The van der Waals surface area contributed by atoms with Gasteiger partial charge in [-0.25, -0.2) is 0 Å². The summed E-state index contributed by atoms with van der Waals surface area (Å²) in [6.45, 7) is 3.84. The normalized spacial score (nSPS) is 11.5. The maximum atomic E-state index is 10.7. The van der Waals surface area contributed by atoms with E-state index in [2.05, 4.69) is 15.9 Å². The van der Waals surface area contributed by atoms with Crippen LogP contribution in [0.5, 0.6) is 0 Å². The van der Waals surface area contributed by atoms with Crippen LogP contribution >= 0.6 is 15.9 Å². The quantitative estimate of drug-likeness (QED) is 0.657. The zero-order valence-corrected chi connectivity index (χ0v) is 12.3. The zero-order valence-electron chi connectivity index (χ0n) is 10.7. The summed E-state index contributed by atoms with van der Waals surface area (Å²) in [6.07, 6.45) is 2.08. The van der Waals surface area contributed by atoms with Crippen molar-refractivity contribution in [1.29, 1.82) is 0 Å². The van der Waals surface area contributed by atoms with Crippen LogP contribution in [0.15, 0.2) is 25.4 Å². The molecule has 2 aromatic heterocycles. The van der Waals surface area contributed by atoms with Crippen molar-refractivity contribution in [2.24, 2.45) is 0 Å². The van der Waals surface area contributed by atoms with Crippen LogP contribution in [0.25, 0.3) is 21.9 Å². The fourth-order valence-corrected chi connectivity index (χ4v) is 3.09. The first-order valence-corrected chi connectivity index (χ1v) is 6.95. The molecule has 4 heteroatoms. The average Bonchev–Trinajstić information content (AvgIpc) is 2.93. The molecule has 3 rings (SSSR count). The molecule has 0 N–H and O–H groups in total.